The number of rotatable bonds is 7. The van der Waals surface area contributed by atoms with E-state index in [0.717, 1.165) is 43.0 Å². The summed E-state index contributed by atoms with van der Waals surface area (Å²) >= 11 is 0. The topological polar surface area (TPSA) is 82.6 Å². The molecule has 28 heavy (non-hydrogen) atoms. The van der Waals surface area contributed by atoms with Gasteiger partial charge in [0.2, 0.25) is 0 Å². The molecule has 1 saturated carbocycles. The maximum atomic E-state index is 12.1. The summed E-state index contributed by atoms with van der Waals surface area (Å²) in [5.41, 5.74) is 1.75. The maximum absolute atomic E-state index is 12.1. The molecular weight excluding hydrogens is 487 g/mol. The molecule has 1 aliphatic carbocycles. The van der Waals surface area contributed by atoms with Crippen molar-refractivity contribution in [1.82, 2.24) is 16.0 Å². The smallest absolute Gasteiger partial charge is 0.251 e. The Morgan fingerprint density at radius 3 is 2.50 bits per heavy atom. The summed E-state index contributed by atoms with van der Waals surface area (Å²) in [5.74, 6) is 1.44. The predicted octanol–water partition coefficient (Wildman–Crippen LogP) is 2.80. The third-order valence-corrected chi connectivity index (χ3v) is 6.60. The van der Waals surface area contributed by atoms with E-state index >= 15 is 0 Å². The molecular formula is C20H33IN4O2S. The van der Waals surface area contributed by atoms with E-state index in [0.29, 0.717) is 29.9 Å². The third kappa shape index (κ3) is 7.69. The molecule has 8 heteroatoms. The number of aliphatic imine (C=N–C) groups is 1. The summed E-state index contributed by atoms with van der Waals surface area (Å²) in [7, 11) is 1.04. The minimum atomic E-state index is -0.725. The van der Waals surface area contributed by atoms with Crippen LogP contribution in [-0.4, -0.2) is 46.7 Å². The molecule has 0 saturated heterocycles. The summed E-state index contributed by atoms with van der Waals surface area (Å²) in [6.07, 6.45) is 4.18. The van der Waals surface area contributed by atoms with Crippen LogP contribution in [0, 0.1) is 0 Å². The van der Waals surface area contributed by atoms with Crippen LogP contribution in [0.25, 0.3) is 0 Å². The first-order valence-corrected chi connectivity index (χ1v) is 11.2. The van der Waals surface area contributed by atoms with Gasteiger partial charge < -0.3 is 16.0 Å². The SMILES string of the molecule is CCNC(=O)c1ccc(CNC(=NC)NC2CCCC(S(=O)CC)C2)cc1.I. The average Bonchev–Trinajstić information content (AvgIpc) is 2.71. The van der Waals surface area contributed by atoms with Crippen molar-refractivity contribution in [2.75, 3.05) is 19.3 Å². The molecule has 0 radical (unpaired) electrons. The van der Waals surface area contributed by atoms with Gasteiger partial charge in [0.15, 0.2) is 5.96 Å². The van der Waals surface area contributed by atoms with Gasteiger partial charge in [-0.25, -0.2) is 0 Å². The van der Waals surface area contributed by atoms with Crippen LogP contribution >= 0.6 is 24.0 Å². The monoisotopic (exact) mass is 520 g/mol. The van der Waals surface area contributed by atoms with Crippen LogP contribution in [0.2, 0.25) is 0 Å². The van der Waals surface area contributed by atoms with Crippen molar-refractivity contribution in [3.05, 3.63) is 35.4 Å². The molecule has 158 valence electrons. The van der Waals surface area contributed by atoms with Crippen molar-refractivity contribution in [3.8, 4) is 0 Å². The van der Waals surface area contributed by atoms with Crippen molar-refractivity contribution in [3.63, 3.8) is 0 Å². The fourth-order valence-corrected chi connectivity index (χ4v) is 4.71. The summed E-state index contributed by atoms with van der Waals surface area (Å²) in [5, 5.41) is 9.89. The van der Waals surface area contributed by atoms with E-state index in [1.54, 1.807) is 7.05 Å². The van der Waals surface area contributed by atoms with Gasteiger partial charge in [-0.05, 0) is 43.9 Å². The van der Waals surface area contributed by atoms with E-state index in [9.17, 15) is 9.00 Å². The number of carbonyl (C=O) groups excluding carboxylic acids is 1. The maximum Gasteiger partial charge on any atom is 0.251 e. The summed E-state index contributed by atoms with van der Waals surface area (Å²) in [4.78, 5) is 16.1. The lowest BCUT2D eigenvalue weighted by Crippen LogP contribution is -2.46. The van der Waals surface area contributed by atoms with E-state index < -0.39 is 10.8 Å². The number of nitrogens with zero attached hydrogens (tertiary/aromatic N) is 1. The number of carbonyl (C=O) groups is 1. The van der Waals surface area contributed by atoms with E-state index in [-0.39, 0.29) is 29.9 Å². The van der Waals surface area contributed by atoms with Gasteiger partial charge in [0.25, 0.3) is 5.91 Å². The van der Waals surface area contributed by atoms with Gasteiger partial charge in [-0.2, -0.15) is 0 Å². The largest absolute Gasteiger partial charge is 0.354 e. The summed E-state index contributed by atoms with van der Waals surface area (Å²) < 4.78 is 12.1. The molecule has 0 bridgehead atoms. The summed E-state index contributed by atoms with van der Waals surface area (Å²) in [6, 6.07) is 7.89. The Hall–Kier alpha value is -1.16. The number of halogens is 1. The highest BCUT2D eigenvalue weighted by Gasteiger charge is 2.25. The Kier molecular flexibility index (Phi) is 11.7. The normalized spacial score (nSPS) is 20.6. The van der Waals surface area contributed by atoms with Crippen molar-refractivity contribution in [2.24, 2.45) is 4.99 Å². The van der Waals surface area contributed by atoms with Crippen molar-refractivity contribution in [2.45, 2.75) is 57.4 Å². The lowest BCUT2D eigenvalue weighted by molar-refractivity contribution is 0.0956. The second-order valence-electron chi connectivity index (χ2n) is 6.78. The lowest BCUT2D eigenvalue weighted by atomic mass is 9.95. The molecule has 0 spiro atoms. The Morgan fingerprint density at radius 1 is 1.18 bits per heavy atom. The molecule has 0 heterocycles. The Bertz CT molecular complexity index is 667. The van der Waals surface area contributed by atoms with E-state index in [1.807, 2.05) is 38.1 Å². The molecule has 3 unspecified atom stereocenters. The third-order valence-electron chi connectivity index (χ3n) is 4.86. The molecule has 3 N–H and O–H groups in total. The highest BCUT2D eigenvalue weighted by atomic mass is 127. The number of benzene rings is 1. The zero-order chi connectivity index (χ0) is 19.6. The molecule has 3 atom stereocenters. The van der Waals surface area contributed by atoms with Crippen LogP contribution in [0.15, 0.2) is 29.3 Å². The fraction of sp³-hybridized carbons (Fsp3) is 0.600. The lowest BCUT2D eigenvalue weighted by Gasteiger charge is -2.30. The van der Waals surface area contributed by atoms with Gasteiger partial charge in [-0.1, -0.05) is 25.5 Å². The number of guanidine groups is 1. The van der Waals surface area contributed by atoms with Gasteiger partial charge in [0.05, 0.1) is 0 Å². The molecule has 1 aromatic carbocycles. The van der Waals surface area contributed by atoms with Gasteiger partial charge in [0, 0.05) is 53.5 Å². The van der Waals surface area contributed by atoms with Gasteiger partial charge >= 0.3 is 0 Å². The van der Waals surface area contributed by atoms with Crippen molar-refractivity contribution in [1.29, 1.82) is 0 Å². The van der Waals surface area contributed by atoms with E-state index in [1.165, 1.54) is 0 Å². The Labute approximate surface area is 188 Å². The van der Waals surface area contributed by atoms with Crippen LogP contribution < -0.4 is 16.0 Å². The van der Waals surface area contributed by atoms with Crippen LogP contribution in [0.1, 0.15) is 55.5 Å². The molecule has 1 amide bonds. The average molecular weight is 520 g/mol. The minimum Gasteiger partial charge on any atom is -0.354 e. The molecule has 1 aliphatic rings. The van der Waals surface area contributed by atoms with Gasteiger partial charge in [-0.15, -0.1) is 24.0 Å². The fourth-order valence-electron chi connectivity index (χ4n) is 3.36. The number of hydrogen-bond acceptors (Lipinski definition) is 3. The minimum absolute atomic E-state index is 0. The molecule has 0 aromatic heterocycles. The molecule has 2 rings (SSSR count). The molecule has 6 nitrogen and oxygen atoms in total. The number of hydrogen-bond donors (Lipinski definition) is 3. The highest BCUT2D eigenvalue weighted by Crippen LogP contribution is 2.23. The van der Waals surface area contributed by atoms with E-state index in [4.69, 9.17) is 0 Å². The quantitative estimate of drug-likeness (QED) is 0.294. The zero-order valence-corrected chi connectivity index (χ0v) is 20.1. The standard InChI is InChI=1S/C20H32N4O2S.HI/c1-4-22-19(25)16-11-9-15(10-12-16)14-23-20(21-3)24-17-7-6-8-18(13-17)27(26)5-2;/h9-12,17-18H,4-8,13-14H2,1-3H3,(H,22,25)(H2,21,23,24);1H. The molecule has 1 aromatic rings. The highest BCUT2D eigenvalue weighted by molar-refractivity contribution is 14.0. The first-order chi connectivity index (χ1) is 13.1. The van der Waals surface area contributed by atoms with Crippen molar-refractivity contribution >= 4 is 46.6 Å². The second-order valence-corrected chi connectivity index (χ2v) is 8.79. The predicted molar refractivity (Wildman–Crippen MR) is 128 cm³/mol. The molecule has 1 fully saturated rings. The van der Waals surface area contributed by atoms with Gasteiger partial charge in [-0.3, -0.25) is 14.0 Å². The van der Waals surface area contributed by atoms with E-state index in [2.05, 4.69) is 20.9 Å². The second kappa shape index (κ2) is 13.1. The summed E-state index contributed by atoms with van der Waals surface area (Å²) in [6.45, 7) is 5.15. The van der Waals surface area contributed by atoms with Gasteiger partial charge in [0.1, 0.15) is 0 Å². The Balaban J connectivity index is 0.00000392. The van der Waals surface area contributed by atoms with Crippen molar-refractivity contribution < 1.29 is 9.00 Å². The number of amides is 1. The molecule has 0 aliphatic heterocycles. The number of nitrogens with one attached hydrogen (secondary N) is 3. The zero-order valence-electron chi connectivity index (χ0n) is 17.0. The van der Waals surface area contributed by atoms with Crippen LogP contribution in [0.5, 0.6) is 0 Å². The van der Waals surface area contributed by atoms with Crippen LogP contribution in [0.3, 0.4) is 0 Å². The first kappa shape index (κ1) is 24.9. The Morgan fingerprint density at radius 2 is 1.89 bits per heavy atom. The van der Waals surface area contributed by atoms with Crippen LogP contribution in [-0.2, 0) is 17.3 Å². The van der Waals surface area contributed by atoms with Crippen LogP contribution in [0.4, 0.5) is 0 Å². The first-order valence-electron chi connectivity index (χ1n) is 9.78.